The Morgan fingerprint density at radius 3 is 1.72 bits per heavy atom. The molecule has 0 spiro atoms. The fourth-order valence-corrected chi connectivity index (χ4v) is 13.1. The molecule has 0 radical (unpaired) electrons. The van der Waals surface area contributed by atoms with E-state index < -0.39 is 0 Å². The van der Waals surface area contributed by atoms with Crippen molar-refractivity contribution < 1.29 is 0 Å². The summed E-state index contributed by atoms with van der Waals surface area (Å²) in [5, 5.41) is 27.2. The Balaban J connectivity index is 1.22. The molecule has 2 aromatic heterocycles. The standard InChI is InChI=1S/C58H45N3/c1-58(2)46-25-15-14-23-43(46)51-37(24-16-26-47(51)58)33-27-44-52-38-18-9-7-5-3-4-6-8-17-36(38)34(31-59)29-48(52)61-49-30-35(32-60)50-53-39-19-10-12-21-41(39)54(42-22-13-11-20-40(42)53)56(50)55(49)45(28-33)57(44)61/h10-16,19-30,53-54H,3-9,17-18H2,1-2H3. The third-order valence-electron chi connectivity index (χ3n) is 15.6. The Kier molecular flexibility index (Phi) is 7.29. The summed E-state index contributed by atoms with van der Waals surface area (Å²) in [6, 6.07) is 48.7. The van der Waals surface area contributed by atoms with Crippen LogP contribution in [0.5, 0.6) is 0 Å². The molecule has 61 heavy (non-hydrogen) atoms. The number of hydrogen-bond donors (Lipinski definition) is 0. The van der Waals surface area contributed by atoms with Gasteiger partial charge in [-0.2, -0.15) is 10.5 Å². The van der Waals surface area contributed by atoms with E-state index >= 15 is 0 Å². The van der Waals surface area contributed by atoms with Crippen LogP contribution >= 0.6 is 0 Å². The van der Waals surface area contributed by atoms with Gasteiger partial charge in [-0.3, -0.25) is 0 Å². The second-order valence-electron chi connectivity index (χ2n) is 18.9. The van der Waals surface area contributed by atoms with Gasteiger partial charge in [-0.25, -0.2) is 0 Å². The number of aromatic nitrogens is 1. The molecule has 0 amide bonds. The molecule has 0 saturated heterocycles. The van der Waals surface area contributed by atoms with E-state index in [2.05, 4.69) is 146 Å². The molecular formula is C58H45N3. The maximum atomic E-state index is 11.2. The molecule has 292 valence electrons. The average molecular weight is 784 g/mol. The van der Waals surface area contributed by atoms with Gasteiger partial charge in [0.15, 0.2) is 0 Å². The topological polar surface area (TPSA) is 52.0 Å². The van der Waals surface area contributed by atoms with Crippen molar-refractivity contribution in [1.82, 2.24) is 4.40 Å². The monoisotopic (exact) mass is 783 g/mol. The Hall–Kier alpha value is -6.68. The number of rotatable bonds is 1. The molecule has 0 saturated carbocycles. The van der Waals surface area contributed by atoms with Crippen LogP contribution in [0.2, 0.25) is 0 Å². The maximum Gasteiger partial charge on any atom is 0.0995 e. The van der Waals surface area contributed by atoms with E-state index in [1.54, 1.807) is 0 Å². The summed E-state index contributed by atoms with van der Waals surface area (Å²) >= 11 is 0. The van der Waals surface area contributed by atoms with Crippen LogP contribution in [-0.4, -0.2) is 4.40 Å². The molecule has 3 heteroatoms. The number of aryl methyl sites for hydroxylation is 1. The lowest BCUT2D eigenvalue weighted by atomic mass is 9.59. The molecular weight excluding hydrogens is 739 g/mol. The molecule has 0 fully saturated rings. The first-order valence-corrected chi connectivity index (χ1v) is 22.6. The van der Waals surface area contributed by atoms with Crippen LogP contribution in [-0.2, 0) is 18.3 Å². The number of nitrogens with zero attached hydrogens (tertiary/aromatic N) is 3. The molecule has 14 rings (SSSR count). The Labute approximate surface area is 356 Å². The number of hydrogen-bond acceptors (Lipinski definition) is 2. The summed E-state index contributed by atoms with van der Waals surface area (Å²) in [6.45, 7) is 4.74. The number of nitriles is 2. The van der Waals surface area contributed by atoms with Crippen molar-refractivity contribution >= 4 is 38.1 Å². The van der Waals surface area contributed by atoms with Gasteiger partial charge in [-0.05, 0) is 128 Å². The fraction of sp³-hybridized carbons (Fsp3) is 0.241. The zero-order valence-corrected chi connectivity index (χ0v) is 34.8. The van der Waals surface area contributed by atoms with E-state index in [1.807, 2.05) is 0 Å². The van der Waals surface area contributed by atoms with Crippen LogP contribution < -0.4 is 0 Å². The molecule has 5 aliphatic rings. The summed E-state index contributed by atoms with van der Waals surface area (Å²) in [7, 11) is 0. The van der Waals surface area contributed by atoms with Crippen LogP contribution in [0.1, 0.15) is 137 Å². The molecule has 2 bridgehead atoms. The first-order chi connectivity index (χ1) is 30.0. The number of benzene rings is 7. The lowest BCUT2D eigenvalue weighted by Gasteiger charge is -2.43. The van der Waals surface area contributed by atoms with Crippen molar-refractivity contribution in [3.8, 4) is 34.4 Å². The lowest BCUT2D eigenvalue weighted by Crippen LogP contribution is -2.28. The van der Waals surface area contributed by atoms with E-state index in [-0.39, 0.29) is 17.3 Å². The summed E-state index contributed by atoms with van der Waals surface area (Å²) in [5.41, 5.74) is 23.2. The molecule has 0 aliphatic heterocycles. The molecule has 2 heterocycles. The van der Waals surface area contributed by atoms with E-state index in [9.17, 15) is 10.5 Å². The minimum Gasteiger partial charge on any atom is -0.308 e. The average Bonchev–Trinajstić information content (AvgIpc) is 3.88. The van der Waals surface area contributed by atoms with Crippen molar-refractivity contribution in [3.05, 3.63) is 182 Å². The van der Waals surface area contributed by atoms with Gasteiger partial charge >= 0.3 is 0 Å². The van der Waals surface area contributed by atoms with Gasteiger partial charge in [-0.15, -0.1) is 0 Å². The molecule has 0 N–H and O–H groups in total. The van der Waals surface area contributed by atoms with E-state index in [0.717, 1.165) is 47.8 Å². The molecule has 0 atom stereocenters. The van der Waals surface area contributed by atoms with E-state index in [4.69, 9.17) is 0 Å². The quantitative estimate of drug-likeness (QED) is 0.166. The predicted molar refractivity (Wildman–Crippen MR) is 248 cm³/mol. The van der Waals surface area contributed by atoms with Crippen LogP contribution in [0, 0.1) is 22.7 Å². The van der Waals surface area contributed by atoms with Crippen LogP contribution in [0.3, 0.4) is 0 Å². The van der Waals surface area contributed by atoms with Crippen LogP contribution in [0.4, 0.5) is 0 Å². The van der Waals surface area contributed by atoms with Gasteiger partial charge in [0.1, 0.15) is 0 Å². The molecule has 5 aliphatic carbocycles. The fourth-order valence-electron chi connectivity index (χ4n) is 13.1. The maximum absolute atomic E-state index is 11.2. The molecule has 7 aromatic carbocycles. The summed E-state index contributed by atoms with van der Waals surface area (Å²) in [4.78, 5) is 0. The van der Waals surface area contributed by atoms with Gasteiger partial charge in [0.25, 0.3) is 0 Å². The van der Waals surface area contributed by atoms with Crippen LogP contribution in [0.25, 0.3) is 60.3 Å². The zero-order valence-electron chi connectivity index (χ0n) is 34.8. The first-order valence-electron chi connectivity index (χ1n) is 22.6. The highest BCUT2D eigenvalue weighted by Crippen LogP contribution is 2.60. The minimum atomic E-state index is -0.113. The van der Waals surface area contributed by atoms with Gasteiger partial charge in [0, 0.05) is 38.8 Å². The van der Waals surface area contributed by atoms with Gasteiger partial charge < -0.3 is 4.40 Å². The van der Waals surface area contributed by atoms with Crippen molar-refractivity contribution in [1.29, 1.82) is 10.5 Å². The summed E-state index contributed by atoms with van der Waals surface area (Å²) < 4.78 is 2.47. The molecule has 0 unspecified atom stereocenters. The first kappa shape index (κ1) is 35.1. The van der Waals surface area contributed by atoms with Crippen molar-refractivity contribution in [3.63, 3.8) is 0 Å². The van der Waals surface area contributed by atoms with Gasteiger partial charge in [0.2, 0.25) is 0 Å². The predicted octanol–water partition coefficient (Wildman–Crippen LogP) is 14.4. The second kappa shape index (κ2) is 12.7. The van der Waals surface area contributed by atoms with Crippen molar-refractivity contribution in [2.75, 3.05) is 0 Å². The normalized spacial score (nSPS) is 18.5. The molecule has 3 nitrogen and oxygen atoms in total. The smallest absolute Gasteiger partial charge is 0.0995 e. The summed E-state index contributed by atoms with van der Waals surface area (Å²) in [5.74, 6) is -0.00941. The van der Waals surface area contributed by atoms with Crippen molar-refractivity contribution in [2.24, 2.45) is 0 Å². The Morgan fingerprint density at radius 2 is 1.05 bits per heavy atom. The number of fused-ring (bicyclic) bond motifs is 11. The third-order valence-corrected chi connectivity index (χ3v) is 15.6. The van der Waals surface area contributed by atoms with E-state index in [0.29, 0.717) is 0 Å². The minimum absolute atomic E-state index is 0.00369. The highest BCUT2D eigenvalue weighted by molar-refractivity contribution is 6.27. The largest absolute Gasteiger partial charge is 0.308 e. The Morgan fingerprint density at radius 1 is 0.525 bits per heavy atom. The lowest BCUT2D eigenvalue weighted by molar-refractivity contribution is 0.587. The van der Waals surface area contributed by atoms with Crippen molar-refractivity contribution in [2.45, 2.75) is 88.9 Å². The van der Waals surface area contributed by atoms with E-state index in [1.165, 1.54) is 137 Å². The SMILES string of the molecule is CC1(C)c2ccccc2-c2c(-c3cc4c5c6c(c(C#N)cc5n5c7cc(C#N)c8c(c7c(c3)c45)C3c4ccccc4C8c4ccccc43)CCCCCCCCC6)cccc21. The van der Waals surface area contributed by atoms with Gasteiger partial charge in [0.05, 0.1) is 39.8 Å². The summed E-state index contributed by atoms with van der Waals surface area (Å²) in [6.07, 6.45) is 10.4. The Bertz CT molecular complexity index is 3420. The third kappa shape index (κ3) is 4.52. The zero-order chi connectivity index (χ0) is 40.7. The molecule has 9 aromatic rings. The highest BCUT2D eigenvalue weighted by Gasteiger charge is 2.45. The highest BCUT2D eigenvalue weighted by atomic mass is 14.9. The van der Waals surface area contributed by atoms with Crippen LogP contribution in [0.15, 0.2) is 115 Å². The van der Waals surface area contributed by atoms with Gasteiger partial charge in [-0.1, -0.05) is 137 Å². The second-order valence-corrected chi connectivity index (χ2v) is 18.9.